The maximum absolute atomic E-state index is 12.7. The molecule has 162 valence electrons. The lowest BCUT2D eigenvalue weighted by Crippen LogP contribution is -2.37. The number of carbonyl (C=O) groups is 2. The van der Waals surface area contributed by atoms with Crippen molar-refractivity contribution in [2.75, 3.05) is 23.7 Å². The van der Waals surface area contributed by atoms with E-state index in [1.54, 1.807) is 4.90 Å². The van der Waals surface area contributed by atoms with E-state index in [0.717, 1.165) is 28.2 Å². The van der Waals surface area contributed by atoms with Gasteiger partial charge in [-0.3, -0.25) is 4.79 Å². The molecule has 3 amide bonds. The number of amides is 3. The Bertz CT molecular complexity index is 1040. The van der Waals surface area contributed by atoms with Crippen molar-refractivity contribution < 1.29 is 9.59 Å². The van der Waals surface area contributed by atoms with Crippen LogP contribution in [0.1, 0.15) is 30.9 Å². The van der Waals surface area contributed by atoms with Crippen molar-refractivity contribution >= 4 is 34.1 Å². The molecular formula is C23H27N5O2S. The largest absolute Gasteiger partial charge is 0.324 e. The Kier molecular flexibility index (Phi) is 7.72. The summed E-state index contributed by atoms with van der Waals surface area (Å²) in [5.74, 6) is -0.198. The number of anilines is 2. The van der Waals surface area contributed by atoms with Gasteiger partial charge >= 0.3 is 6.03 Å². The fourth-order valence-electron chi connectivity index (χ4n) is 3.00. The maximum Gasteiger partial charge on any atom is 0.321 e. The minimum atomic E-state index is -0.208. The van der Waals surface area contributed by atoms with E-state index in [9.17, 15) is 9.59 Å². The van der Waals surface area contributed by atoms with Gasteiger partial charge in [-0.15, -0.1) is 10.2 Å². The number of carbonyl (C=O) groups excluding carboxylic acids is 2. The third-order valence-corrected chi connectivity index (χ3v) is 5.73. The second-order valence-electron chi connectivity index (χ2n) is 7.29. The number of urea groups is 1. The van der Waals surface area contributed by atoms with Gasteiger partial charge in [-0.05, 0) is 43.5 Å². The fraction of sp³-hybridized carbons (Fsp3) is 0.304. The van der Waals surface area contributed by atoms with E-state index in [-0.39, 0.29) is 18.4 Å². The summed E-state index contributed by atoms with van der Waals surface area (Å²) in [4.78, 5) is 26.7. The molecule has 0 fully saturated rings. The Hall–Kier alpha value is -3.26. The third-order valence-electron chi connectivity index (χ3n) is 4.84. The lowest BCUT2D eigenvalue weighted by atomic mass is 10.1. The van der Waals surface area contributed by atoms with Gasteiger partial charge in [-0.1, -0.05) is 54.7 Å². The average Bonchev–Trinajstić information content (AvgIpc) is 3.22. The number of nitrogens with one attached hydrogen (secondary N) is 2. The monoisotopic (exact) mass is 437 g/mol. The summed E-state index contributed by atoms with van der Waals surface area (Å²) in [7, 11) is 0. The van der Waals surface area contributed by atoms with E-state index >= 15 is 0 Å². The summed E-state index contributed by atoms with van der Waals surface area (Å²) in [5, 5.41) is 15.1. The predicted molar refractivity (Wildman–Crippen MR) is 125 cm³/mol. The average molecular weight is 438 g/mol. The first kappa shape index (κ1) is 22.4. The predicted octanol–water partition coefficient (Wildman–Crippen LogP) is 5.09. The zero-order valence-electron chi connectivity index (χ0n) is 18.0. The normalized spacial score (nSPS) is 10.5. The van der Waals surface area contributed by atoms with Gasteiger partial charge in [0.25, 0.3) is 0 Å². The molecule has 3 aromatic rings. The van der Waals surface area contributed by atoms with Gasteiger partial charge < -0.3 is 15.5 Å². The van der Waals surface area contributed by atoms with Crippen LogP contribution in [0.5, 0.6) is 0 Å². The van der Waals surface area contributed by atoms with Gasteiger partial charge in [-0.2, -0.15) is 0 Å². The molecule has 0 saturated carbocycles. The Balaban J connectivity index is 1.54. The van der Waals surface area contributed by atoms with Gasteiger partial charge in [0.2, 0.25) is 11.0 Å². The van der Waals surface area contributed by atoms with E-state index in [0.29, 0.717) is 18.2 Å². The van der Waals surface area contributed by atoms with Crippen molar-refractivity contribution in [3.8, 4) is 10.6 Å². The molecule has 0 unspecified atom stereocenters. The molecule has 0 radical (unpaired) electrons. The van der Waals surface area contributed by atoms with Crippen molar-refractivity contribution in [1.82, 2.24) is 15.1 Å². The van der Waals surface area contributed by atoms with Gasteiger partial charge in [0.15, 0.2) is 0 Å². The van der Waals surface area contributed by atoms with Crippen LogP contribution in [0.4, 0.5) is 15.6 Å². The first-order valence-electron chi connectivity index (χ1n) is 10.3. The van der Waals surface area contributed by atoms with Crippen LogP contribution in [-0.4, -0.2) is 40.1 Å². The lowest BCUT2D eigenvalue weighted by Gasteiger charge is -2.22. The summed E-state index contributed by atoms with van der Waals surface area (Å²) >= 11 is 1.32. The van der Waals surface area contributed by atoms with Crippen LogP contribution in [0.25, 0.3) is 10.6 Å². The van der Waals surface area contributed by atoms with Crippen LogP contribution < -0.4 is 10.6 Å². The lowest BCUT2D eigenvalue weighted by molar-refractivity contribution is -0.116. The third kappa shape index (κ3) is 6.36. The summed E-state index contributed by atoms with van der Waals surface area (Å²) < 4.78 is 0. The van der Waals surface area contributed by atoms with Crippen LogP contribution in [0.2, 0.25) is 0 Å². The standard InChI is InChI=1S/C23H27N5O2S/c1-4-13-28(23(30)24-19-11-10-16(2)17(3)15-19)14-12-20(29)25-22-27-26-21(31-22)18-8-6-5-7-9-18/h5-11,15H,4,12-14H2,1-3H3,(H,24,30)(H,25,27,29). The van der Waals surface area contributed by atoms with E-state index in [1.807, 2.05) is 69.3 Å². The molecule has 1 heterocycles. The molecule has 0 atom stereocenters. The first-order chi connectivity index (χ1) is 15.0. The second-order valence-corrected chi connectivity index (χ2v) is 8.27. The molecule has 31 heavy (non-hydrogen) atoms. The highest BCUT2D eigenvalue weighted by Gasteiger charge is 2.16. The molecule has 0 aliphatic carbocycles. The summed E-state index contributed by atoms with van der Waals surface area (Å²) in [6.45, 7) is 6.93. The maximum atomic E-state index is 12.7. The minimum Gasteiger partial charge on any atom is -0.324 e. The second kappa shape index (κ2) is 10.7. The highest BCUT2D eigenvalue weighted by molar-refractivity contribution is 7.18. The van der Waals surface area contributed by atoms with E-state index in [4.69, 9.17) is 0 Å². The number of rotatable bonds is 8. The van der Waals surface area contributed by atoms with Gasteiger partial charge in [0, 0.05) is 30.8 Å². The molecular weight excluding hydrogens is 410 g/mol. The highest BCUT2D eigenvalue weighted by Crippen LogP contribution is 2.26. The SMILES string of the molecule is CCCN(CCC(=O)Nc1nnc(-c2ccccc2)s1)C(=O)Nc1ccc(C)c(C)c1. The fourth-order valence-corrected chi connectivity index (χ4v) is 3.76. The van der Waals surface area contributed by atoms with Crippen LogP contribution in [0.15, 0.2) is 48.5 Å². The van der Waals surface area contributed by atoms with E-state index in [2.05, 4.69) is 20.8 Å². The molecule has 2 aromatic carbocycles. The number of benzene rings is 2. The molecule has 8 heteroatoms. The van der Waals surface area contributed by atoms with Crippen molar-refractivity contribution in [2.45, 2.75) is 33.6 Å². The molecule has 0 saturated heterocycles. The van der Waals surface area contributed by atoms with Crippen molar-refractivity contribution in [3.63, 3.8) is 0 Å². The van der Waals surface area contributed by atoms with Gasteiger partial charge in [0.1, 0.15) is 5.01 Å². The Morgan fingerprint density at radius 2 is 1.74 bits per heavy atom. The summed E-state index contributed by atoms with van der Waals surface area (Å²) in [6.07, 6.45) is 0.986. The number of aryl methyl sites for hydroxylation is 2. The Labute approximate surface area is 186 Å². The zero-order valence-corrected chi connectivity index (χ0v) is 18.8. The number of aromatic nitrogens is 2. The first-order valence-corrected chi connectivity index (χ1v) is 11.1. The number of hydrogen-bond acceptors (Lipinski definition) is 5. The molecule has 7 nitrogen and oxygen atoms in total. The van der Waals surface area contributed by atoms with Gasteiger partial charge in [-0.25, -0.2) is 4.79 Å². The Morgan fingerprint density at radius 1 is 0.968 bits per heavy atom. The minimum absolute atomic E-state index is 0.181. The molecule has 0 aliphatic heterocycles. The molecule has 0 bridgehead atoms. The van der Waals surface area contributed by atoms with Crippen LogP contribution >= 0.6 is 11.3 Å². The smallest absolute Gasteiger partial charge is 0.321 e. The van der Waals surface area contributed by atoms with Crippen LogP contribution in [-0.2, 0) is 4.79 Å². The van der Waals surface area contributed by atoms with Crippen LogP contribution in [0, 0.1) is 13.8 Å². The van der Waals surface area contributed by atoms with E-state index < -0.39 is 0 Å². The quantitative estimate of drug-likeness (QED) is 0.514. The number of hydrogen-bond donors (Lipinski definition) is 2. The highest BCUT2D eigenvalue weighted by atomic mass is 32.1. The van der Waals surface area contributed by atoms with Crippen molar-refractivity contribution in [1.29, 1.82) is 0 Å². The zero-order chi connectivity index (χ0) is 22.2. The summed E-state index contributed by atoms with van der Waals surface area (Å²) in [6, 6.07) is 15.3. The Morgan fingerprint density at radius 3 is 2.45 bits per heavy atom. The van der Waals surface area contributed by atoms with E-state index in [1.165, 1.54) is 16.9 Å². The number of nitrogens with zero attached hydrogens (tertiary/aromatic N) is 3. The summed E-state index contributed by atoms with van der Waals surface area (Å²) in [5.41, 5.74) is 4.00. The molecule has 0 spiro atoms. The van der Waals surface area contributed by atoms with Crippen molar-refractivity contribution in [3.05, 3.63) is 59.7 Å². The molecule has 1 aromatic heterocycles. The van der Waals surface area contributed by atoms with Crippen molar-refractivity contribution in [2.24, 2.45) is 0 Å². The molecule has 3 rings (SSSR count). The van der Waals surface area contributed by atoms with Crippen LogP contribution in [0.3, 0.4) is 0 Å². The molecule has 0 aliphatic rings. The van der Waals surface area contributed by atoms with Gasteiger partial charge in [0.05, 0.1) is 0 Å². The topological polar surface area (TPSA) is 87.2 Å². The molecule has 2 N–H and O–H groups in total.